The molecule has 0 radical (unpaired) electrons. The largest absolute Gasteiger partial charge is 0.343 e. The number of fused-ring (bicyclic) bond motifs is 1. The molecule has 2 aliphatic rings. The number of likely N-dealkylation sites (tertiary alicyclic amines) is 1. The predicted octanol–water partition coefficient (Wildman–Crippen LogP) is 3.98. The highest BCUT2D eigenvalue weighted by Gasteiger charge is 2.32. The van der Waals surface area contributed by atoms with E-state index in [2.05, 4.69) is 47.4 Å². The Morgan fingerprint density at radius 1 is 1.31 bits per heavy atom. The Morgan fingerprint density at radius 2 is 2.15 bits per heavy atom. The van der Waals surface area contributed by atoms with Crippen LogP contribution >= 0.6 is 11.5 Å². The number of para-hydroxylation sites is 1. The van der Waals surface area contributed by atoms with Crippen LogP contribution in [0.4, 0.5) is 10.8 Å². The molecule has 4 rings (SSSR count). The van der Waals surface area contributed by atoms with Crippen molar-refractivity contribution in [2.45, 2.75) is 45.4 Å². The fourth-order valence-corrected chi connectivity index (χ4v) is 4.70. The maximum atomic E-state index is 11.9. The molecule has 1 amide bonds. The minimum Gasteiger partial charge on any atom is -0.343 e. The van der Waals surface area contributed by atoms with Crippen molar-refractivity contribution < 1.29 is 4.79 Å². The Labute approximate surface area is 159 Å². The Morgan fingerprint density at radius 3 is 2.92 bits per heavy atom. The number of nitrogens with zero attached hydrogens (tertiary/aromatic N) is 4. The van der Waals surface area contributed by atoms with Crippen LogP contribution < -0.4 is 4.90 Å². The van der Waals surface area contributed by atoms with Gasteiger partial charge in [0.1, 0.15) is 5.82 Å². The first-order valence-electron chi connectivity index (χ1n) is 9.58. The molecule has 0 N–H and O–H groups in total. The number of benzene rings is 1. The van der Waals surface area contributed by atoms with Crippen molar-refractivity contribution in [1.82, 2.24) is 14.3 Å². The van der Waals surface area contributed by atoms with E-state index in [1.165, 1.54) is 22.8 Å². The number of rotatable bonds is 6. The molecule has 5 nitrogen and oxygen atoms in total. The fraction of sp³-hybridized carbons (Fsp3) is 0.550. The van der Waals surface area contributed by atoms with E-state index in [4.69, 9.17) is 4.98 Å². The molecule has 0 aliphatic carbocycles. The van der Waals surface area contributed by atoms with Crippen molar-refractivity contribution in [3.05, 3.63) is 35.7 Å². The van der Waals surface area contributed by atoms with E-state index in [1.54, 1.807) is 0 Å². The van der Waals surface area contributed by atoms with Gasteiger partial charge in [-0.3, -0.25) is 4.79 Å². The van der Waals surface area contributed by atoms with Gasteiger partial charge in [0, 0.05) is 55.6 Å². The van der Waals surface area contributed by atoms with Crippen LogP contribution in [0.3, 0.4) is 0 Å². The molecule has 0 saturated carbocycles. The lowest BCUT2D eigenvalue weighted by molar-refractivity contribution is -0.127. The number of hydrogen-bond donors (Lipinski definition) is 0. The van der Waals surface area contributed by atoms with Gasteiger partial charge in [0.05, 0.1) is 0 Å². The van der Waals surface area contributed by atoms with Crippen LogP contribution in [0.25, 0.3) is 0 Å². The second-order valence-electron chi connectivity index (χ2n) is 7.73. The first-order chi connectivity index (χ1) is 12.6. The Balaban J connectivity index is 1.50. The normalized spacial score (nSPS) is 19.7. The number of amides is 1. The maximum absolute atomic E-state index is 11.9. The summed E-state index contributed by atoms with van der Waals surface area (Å²) in [7, 11) is 0. The standard InChI is InChI=1S/C20H26N4OS/c1-14(2)12-18-21-20(26-22-18)24-13-15(16-6-3-4-7-17(16)24)9-11-23-10-5-8-19(23)25/h3-4,6-7,14-15H,5,8-13H2,1-2H3. The van der Waals surface area contributed by atoms with Gasteiger partial charge < -0.3 is 9.80 Å². The third-order valence-electron chi connectivity index (χ3n) is 5.27. The lowest BCUT2D eigenvalue weighted by Crippen LogP contribution is -2.27. The van der Waals surface area contributed by atoms with Crippen molar-refractivity contribution >= 4 is 28.3 Å². The summed E-state index contributed by atoms with van der Waals surface area (Å²) in [6.45, 7) is 7.10. The zero-order valence-corrected chi connectivity index (χ0v) is 16.3. The van der Waals surface area contributed by atoms with E-state index in [9.17, 15) is 4.79 Å². The highest BCUT2D eigenvalue weighted by atomic mass is 32.1. The van der Waals surface area contributed by atoms with Crippen molar-refractivity contribution in [3.63, 3.8) is 0 Å². The van der Waals surface area contributed by atoms with E-state index < -0.39 is 0 Å². The van der Waals surface area contributed by atoms with Gasteiger partial charge in [-0.2, -0.15) is 4.37 Å². The quantitative estimate of drug-likeness (QED) is 0.772. The number of carbonyl (C=O) groups excluding carboxylic acids is 1. The highest BCUT2D eigenvalue weighted by Crippen LogP contribution is 2.42. The van der Waals surface area contributed by atoms with Crippen LogP contribution in [-0.4, -0.2) is 39.8 Å². The van der Waals surface area contributed by atoms with Gasteiger partial charge in [-0.25, -0.2) is 4.98 Å². The van der Waals surface area contributed by atoms with Gasteiger partial charge in [0.25, 0.3) is 0 Å². The highest BCUT2D eigenvalue weighted by molar-refractivity contribution is 7.09. The summed E-state index contributed by atoms with van der Waals surface area (Å²) in [5.74, 6) is 2.27. The van der Waals surface area contributed by atoms with Crippen LogP contribution in [0.1, 0.15) is 50.4 Å². The van der Waals surface area contributed by atoms with Crippen molar-refractivity contribution in [2.24, 2.45) is 5.92 Å². The number of hydrogen-bond acceptors (Lipinski definition) is 5. The summed E-state index contributed by atoms with van der Waals surface area (Å²) in [6, 6.07) is 8.61. The molecular weight excluding hydrogens is 344 g/mol. The third-order valence-corrected chi connectivity index (χ3v) is 6.05. The Hall–Kier alpha value is -1.95. The summed E-state index contributed by atoms with van der Waals surface area (Å²) in [5.41, 5.74) is 2.62. The first-order valence-corrected chi connectivity index (χ1v) is 10.4. The molecule has 1 saturated heterocycles. The monoisotopic (exact) mass is 370 g/mol. The molecule has 138 valence electrons. The average molecular weight is 371 g/mol. The van der Waals surface area contributed by atoms with E-state index in [0.29, 0.717) is 17.7 Å². The minimum atomic E-state index is 0.315. The van der Waals surface area contributed by atoms with Crippen LogP contribution in [0.2, 0.25) is 0 Å². The fourth-order valence-electron chi connectivity index (χ4n) is 3.98. The molecule has 1 aromatic carbocycles. The molecule has 0 bridgehead atoms. The van der Waals surface area contributed by atoms with Gasteiger partial charge in [-0.05, 0) is 30.4 Å². The molecule has 0 spiro atoms. The summed E-state index contributed by atoms with van der Waals surface area (Å²) < 4.78 is 4.55. The van der Waals surface area contributed by atoms with Gasteiger partial charge in [0.2, 0.25) is 11.0 Å². The van der Waals surface area contributed by atoms with Crippen LogP contribution in [0, 0.1) is 5.92 Å². The number of carbonyl (C=O) groups is 1. The van der Waals surface area contributed by atoms with Crippen LogP contribution in [0.15, 0.2) is 24.3 Å². The van der Waals surface area contributed by atoms with E-state index in [0.717, 1.165) is 56.3 Å². The molecule has 1 aromatic heterocycles. The SMILES string of the molecule is CC(C)Cc1nsc(N2CC(CCN3CCCC3=O)c3ccccc32)n1. The van der Waals surface area contributed by atoms with Crippen molar-refractivity contribution in [2.75, 3.05) is 24.5 Å². The first kappa shape index (κ1) is 17.5. The van der Waals surface area contributed by atoms with Gasteiger partial charge in [0.15, 0.2) is 0 Å². The molecule has 6 heteroatoms. The third kappa shape index (κ3) is 3.47. The maximum Gasteiger partial charge on any atom is 0.222 e. The lowest BCUT2D eigenvalue weighted by atomic mass is 9.98. The predicted molar refractivity (Wildman–Crippen MR) is 105 cm³/mol. The number of anilines is 2. The average Bonchev–Trinajstić information content (AvgIpc) is 3.32. The Kier molecular flexibility index (Phi) is 4.94. The lowest BCUT2D eigenvalue weighted by Gasteiger charge is -2.19. The minimum absolute atomic E-state index is 0.315. The van der Waals surface area contributed by atoms with Crippen molar-refractivity contribution in [1.29, 1.82) is 0 Å². The number of aromatic nitrogens is 2. The van der Waals surface area contributed by atoms with Crippen LogP contribution in [-0.2, 0) is 11.2 Å². The molecule has 3 heterocycles. The van der Waals surface area contributed by atoms with E-state index >= 15 is 0 Å². The van der Waals surface area contributed by atoms with Gasteiger partial charge in [-0.1, -0.05) is 32.0 Å². The van der Waals surface area contributed by atoms with Crippen molar-refractivity contribution in [3.8, 4) is 0 Å². The van der Waals surface area contributed by atoms with E-state index in [-0.39, 0.29) is 0 Å². The zero-order valence-electron chi connectivity index (χ0n) is 15.5. The van der Waals surface area contributed by atoms with Gasteiger partial charge >= 0.3 is 0 Å². The topological polar surface area (TPSA) is 49.3 Å². The van der Waals surface area contributed by atoms with Crippen LogP contribution in [0.5, 0.6) is 0 Å². The second-order valence-corrected chi connectivity index (χ2v) is 8.46. The molecule has 2 aromatic rings. The molecule has 1 unspecified atom stereocenters. The van der Waals surface area contributed by atoms with E-state index in [1.807, 2.05) is 4.90 Å². The van der Waals surface area contributed by atoms with Gasteiger partial charge in [-0.15, -0.1) is 0 Å². The molecule has 1 atom stereocenters. The molecule has 26 heavy (non-hydrogen) atoms. The molecular formula is C20H26N4OS. The molecule has 2 aliphatic heterocycles. The second kappa shape index (κ2) is 7.35. The smallest absolute Gasteiger partial charge is 0.222 e. The summed E-state index contributed by atoms with van der Waals surface area (Å²) in [6.07, 6.45) is 3.66. The molecule has 1 fully saturated rings. The zero-order chi connectivity index (χ0) is 18.1. The summed E-state index contributed by atoms with van der Waals surface area (Å²) >= 11 is 1.50. The summed E-state index contributed by atoms with van der Waals surface area (Å²) in [5, 5.41) is 0.993. The Bertz CT molecular complexity index is 788. The summed E-state index contributed by atoms with van der Waals surface area (Å²) in [4.78, 5) is 21.0.